The van der Waals surface area contributed by atoms with Gasteiger partial charge in [-0.05, 0) is 38.6 Å². The molecule has 4 heteroatoms. The Kier molecular flexibility index (Phi) is 4.75. The van der Waals surface area contributed by atoms with Crippen molar-refractivity contribution in [1.29, 1.82) is 0 Å². The highest BCUT2D eigenvalue weighted by Gasteiger charge is 2.14. The molecule has 0 aliphatic carbocycles. The number of nitrogens with one attached hydrogen (secondary N) is 1. The second-order valence-electron chi connectivity index (χ2n) is 5.18. The van der Waals surface area contributed by atoms with E-state index >= 15 is 0 Å². The molecule has 0 aliphatic rings. The lowest BCUT2D eigenvalue weighted by Crippen LogP contribution is -2.36. The van der Waals surface area contributed by atoms with Crippen molar-refractivity contribution in [2.24, 2.45) is 5.92 Å². The summed E-state index contributed by atoms with van der Waals surface area (Å²) >= 11 is 0. The molecular formula is C13H24N4. The first-order valence-corrected chi connectivity index (χ1v) is 6.03. The molecule has 1 aromatic rings. The van der Waals surface area contributed by atoms with Crippen molar-refractivity contribution in [2.45, 2.75) is 26.8 Å². The van der Waals surface area contributed by atoms with Gasteiger partial charge in [0.1, 0.15) is 5.82 Å². The van der Waals surface area contributed by atoms with Crippen molar-refractivity contribution < 1.29 is 0 Å². The standard InChI is InChI=1S/C13H24N4/c1-9(2)12(8-17(4)5)16-13-6-10(3)11(14)7-15-13/h6-7,9,12H,8,14H2,1-5H3,(H,15,16). The lowest BCUT2D eigenvalue weighted by atomic mass is 10.0. The Labute approximate surface area is 104 Å². The maximum absolute atomic E-state index is 5.76. The maximum atomic E-state index is 5.76. The zero-order chi connectivity index (χ0) is 13.0. The molecule has 4 nitrogen and oxygen atoms in total. The van der Waals surface area contributed by atoms with Crippen molar-refractivity contribution in [1.82, 2.24) is 9.88 Å². The number of pyridine rings is 1. The molecule has 0 fully saturated rings. The average molecular weight is 236 g/mol. The van der Waals surface area contributed by atoms with Crippen LogP contribution in [-0.4, -0.2) is 36.6 Å². The van der Waals surface area contributed by atoms with Crippen molar-refractivity contribution in [2.75, 3.05) is 31.7 Å². The van der Waals surface area contributed by atoms with E-state index in [2.05, 4.69) is 43.1 Å². The van der Waals surface area contributed by atoms with Gasteiger partial charge in [-0.1, -0.05) is 13.8 Å². The normalized spacial score (nSPS) is 13.1. The van der Waals surface area contributed by atoms with E-state index < -0.39 is 0 Å². The Morgan fingerprint density at radius 2 is 2.06 bits per heavy atom. The number of likely N-dealkylation sites (N-methyl/N-ethyl adjacent to an activating group) is 1. The summed E-state index contributed by atoms with van der Waals surface area (Å²) in [6.45, 7) is 7.41. The number of nitrogens with zero attached hydrogens (tertiary/aromatic N) is 2. The van der Waals surface area contributed by atoms with Gasteiger partial charge >= 0.3 is 0 Å². The molecular weight excluding hydrogens is 212 g/mol. The number of aromatic nitrogens is 1. The zero-order valence-electron chi connectivity index (χ0n) is 11.5. The third kappa shape index (κ3) is 4.23. The highest BCUT2D eigenvalue weighted by Crippen LogP contribution is 2.16. The summed E-state index contributed by atoms with van der Waals surface area (Å²) < 4.78 is 0. The Hall–Kier alpha value is -1.29. The van der Waals surface area contributed by atoms with Crippen LogP contribution in [0.2, 0.25) is 0 Å². The minimum Gasteiger partial charge on any atom is -0.397 e. The number of rotatable bonds is 5. The fourth-order valence-corrected chi connectivity index (χ4v) is 1.65. The van der Waals surface area contributed by atoms with Crippen molar-refractivity contribution in [3.8, 4) is 0 Å². The highest BCUT2D eigenvalue weighted by molar-refractivity contribution is 5.51. The first kappa shape index (κ1) is 13.8. The van der Waals surface area contributed by atoms with E-state index in [1.807, 2.05) is 13.0 Å². The van der Waals surface area contributed by atoms with Crippen LogP contribution in [0.15, 0.2) is 12.3 Å². The highest BCUT2D eigenvalue weighted by atomic mass is 15.1. The Bertz CT molecular complexity index is 360. The fraction of sp³-hybridized carbons (Fsp3) is 0.615. The SMILES string of the molecule is Cc1cc(NC(CN(C)C)C(C)C)ncc1N. The summed E-state index contributed by atoms with van der Waals surface area (Å²) in [5.41, 5.74) is 7.57. The van der Waals surface area contributed by atoms with E-state index in [1.165, 1.54) is 0 Å². The molecule has 1 atom stereocenters. The molecule has 3 N–H and O–H groups in total. The number of hydrogen-bond donors (Lipinski definition) is 2. The number of hydrogen-bond acceptors (Lipinski definition) is 4. The molecule has 0 spiro atoms. The molecule has 0 bridgehead atoms. The van der Waals surface area contributed by atoms with Crippen molar-refractivity contribution in [3.05, 3.63) is 17.8 Å². The molecule has 0 amide bonds. The molecule has 0 saturated carbocycles. The molecule has 96 valence electrons. The van der Waals surface area contributed by atoms with Crippen LogP contribution in [0.3, 0.4) is 0 Å². The maximum Gasteiger partial charge on any atom is 0.126 e. The molecule has 0 aliphatic heterocycles. The fourth-order valence-electron chi connectivity index (χ4n) is 1.65. The number of anilines is 2. The molecule has 1 unspecified atom stereocenters. The lowest BCUT2D eigenvalue weighted by Gasteiger charge is -2.26. The van der Waals surface area contributed by atoms with Gasteiger partial charge in [-0.2, -0.15) is 0 Å². The van der Waals surface area contributed by atoms with Gasteiger partial charge in [0.05, 0.1) is 11.9 Å². The lowest BCUT2D eigenvalue weighted by molar-refractivity contribution is 0.344. The monoisotopic (exact) mass is 236 g/mol. The molecule has 0 radical (unpaired) electrons. The number of nitrogens with two attached hydrogens (primary N) is 1. The Morgan fingerprint density at radius 3 is 2.53 bits per heavy atom. The summed E-state index contributed by atoms with van der Waals surface area (Å²) in [6, 6.07) is 2.39. The van der Waals surface area contributed by atoms with Gasteiger partial charge in [0.15, 0.2) is 0 Å². The van der Waals surface area contributed by atoms with Gasteiger partial charge in [-0.3, -0.25) is 0 Å². The quantitative estimate of drug-likeness (QED) is 0.820. The van der Waals surface area contributed by atoms with Crippen LogP contribution in [0.5, 0.6) is 0 Å². The Balaban J connectivity index is 2.75. The molecule has 1 heterocycles. The minimum atomic E-state index is 0.389. The van der Waals surface area contributed by atoms with Crippen LogP contribution >= 0.6 is 0 Å². The third-order valence-electron chi connectivity index (χ3n) is 2.85. The molecule has 0 aromatic carbocycles. The first-order chi connectivity index (χ1) is 7.90. The largest absolute Gasteiger partial charge is 0.397 e. The second-order valence-corrected chi connectivity index (χ2v) is 5.18. The summed E-state index contributed by atoms with van der Waals surface area (Å²) in [6.07, 6.45) is 1.71. The van der Waals surface area contributed by atoms with Gasteiger partial charge in [-0.15, -0.1) is 0 Å². The average Bonchev–Trinajstić information content (AvgIpc) is 2.21. The van der Waals surface area contributed by atoms with Crippen LogP contribution in [0, 0.1) is 12.8 Å². The predicted molar refractivity (Wildman–Crippen MR) is 74.2 cm³/mol. The number of nitrogen functional groups attached to an aromatic ring is 1. The number of aryl methyl sites for hydroxylation is 1. The summed E-state index contributed by atoms with van der Waals surface area (Å²) in [5.74, 6) is 1.45. The van der Waals surface area contributed by atoms with E-state index in [-0.39, 0.29) is 0 Å². The van der Waals surface area contributed by atoms with Gasteiger partial charge in [0.25, 0.3) is 0 Å². The molecule has 0 saturated heterocycles. The second kappa shape index (κ2) is 5.87. The van der Waals surface area contributed by atoms with E-state index in [1.54, 1.807) is 6.20 Å². The van der Waals surface area contributed by atoms with E-state index in [0.717, 1.165) is 23.6 Å². The van der Waals surface area contributed by atoms with Crippen molar-refractivity contribution in [3.63, 3.8) is 0 Å². The molecule has 1 aromatic heterocycles. The smallest absolute Gasteiger partial charge is 0.126 e. The summed E-state index contributed by atoms with van der Waals surface area (Å²) in [5, 5.41) is 3.47. The van der Waals surface area contributed by atoms with E-state index in [9.17, 15) is 0 Å². The molecule has 17 heavy (non-hydrogen) atoms. The minimum absolute atomic E-state index is 0.389. The van der Waals surface area contributed by atoms with Gasteiger partial charge in [0.2, 0.25) is 0 Å². The van der Waals surface area contributed by atoms with Gasteiger partial charge in [0, 0.05) is 12.6 Å². The van der Waals surface area contributed by atoms with Crippen LogP contribution in [-0.2, 0) is 0 Å². The van der Waals surface area contributed by atoms with E-state index in [0.29, 0.717) is 12.0 Å². The van der Waals surface area contributed by atoms with Crippen LogP contribution in [0.4, 0.5) is 11.5 Å². The summed E-state index contributed by atoms with van der Waals surface area (Å²) in [4.78, 5) is 6.50. The van der Waals surface area contributed by atoms with Crippen LogP contribution < -0.4 is 11.1 Å². The topological polar surface area (TPSA) is 54.2 Å². The van der Waals surface area contributed by atoms with Gasteiger partial charge in [-0.25, -0.2) is 4.98 Å². The van der Waals surface area contributed by atoms with Crippen LogP contribution in [0.1, 0.15) is 19.4 Å². The third-order valence-corrected chi connectivity index (χ3v) is 2.85. The Morgan fingerprint density at radius 1 is 1.41 bits per heavy atom. The molecule has 1 rings (SSSR count). The van der Waals surface area contributed by atoms with Gasteiger partial charge < -0.3 is 16.0 Å². The zero-order valence-corrected chi connectivity index (χ0v) is 11.5. The predicted octanol–water partition coefficient (Wildman–Crippen LogP) is 1.97. The summed E-state index contributed by atoms with van der Waals surface area (Å²) in [7, 11) is 4.16. The van der Waals surface area contributed by atoms with E-state index in [4.69, 9.17) is 5.73 Å². The van der Waals surface area contributed by atoms with Crippen molar-refractivity contribution >= 4 is 11.5 Å². The first-order valence-electron chi connectivity index (χ1n) is 6.03. The van der Waals surface area contributed by atoms with Crippen LogP contribution in [0.25, 0.3) is 0 Å².